The number of rotatable bonds is 7. The van der Waals surface area contributed by atoms with Crippen molar-refractivity contribution >= 4 is 23.2 Å². The third kappa shape index (κ3) is 3.93. The Bertz CT molecular complexity index is 806. The van der Waals surface area contributed by atoms with Crippen molar-refractivity contribution < 1.29 is 9.47 Å². The molecule has 2 heterocycles. The summed E-state index contributed by atoms with van der Waals surface area (Å²) in [4.78, 5) is 8.50. The predicted octanol–water partition coefficient (Wildman–Crippen LogP) is 2.80. The van der Waals surface area contributed by atoms with Crippen LogP contribution in [0.25, 0.3) is 5.78 Å². The molecule has 0 saturated heterocycles. The van der Waals surface area contributed by atoms with E-state index in [1.54, 1.807) is 23.8 Å². The van der Waals surface area contributed by atoms with Crippen molar-refractivity contribution in [3.05, 3.63) is 47.4 Å². The lowest BCUT2D eigenvalue weighted by Crippen LogP contribution is -2.24. The lowest BCUT2D eigenvalue weighted by Gasteiger charge is -2.17. The van der Waals surface area contributed by atoms with Gasteiger partial charge in [-0.25, -0.2) is 4.98 Å². The van der Waals surface area contributed by atoms with Gasteiger partial charge in [-0.1, -0.05) is 11.6 Å². The molecule has 0 aliphatic rings. The summed E-state index contributed by atoms with van der Waals surface area (Å²) in [6.45, 7) is 2.99. The highest BCUT2D eigenvalue weighted by atomic mass is 35.5. The maximum atomic E-state index is 5.87. The van der Waals surface area contributed by atoms with Gasteiger partial charge in [0.15, 0.2) is 0 Å². The first kappa shape index (κ1) is 16.5. The molecule has 0 radical (unpaired) electrons. The van der Waals surface area contributed by atoms with Gasteiger partial charge in [0.1, 0.15) is 24.0 Å². The number of methoxy groups -OCH3 is 1. The number of halogens is 1. The quantitative estimate of drug-likeness (QED) is 0.708. The molecule has 3 rings (SSSR count). The first-order chi connectivity index (χ1) is 11.7. The largest absolute Gasteiger partial charge is 0.489 e. The number of nitrogens with zero attached hydrogens (tertiary/aromatic N) is 4. The molecule has 0 aliphatic heterocycles. The highest BCUT2D eigenvalue weighted by Crippen LogP contribution is 2.17. The van der Waals surface area contributed by atoms with E-state index in [-0.39, 0.29) is 6.10 Å². The van der Waals surface area contributed by atoms with Crippen LogP contribution in [0.4, 0.5) is 5.82 Å². The molecule has 0 fully saturated rings. The van der Waals surface area contributed by atoms with Crippen LogP contribution in [0, 0.1) is 0 Å². The summed E-state index contributed by atoms with van der Waals surface area (Å²) in [5.74, 6) is 2.09. The molecule has 1 atom stereocenters. The van der Waals surface area contributed by atoms with Gasteiger partial charge in [0.2, 0.25) is 0 Å². The number of hydrogen-bond acceptors (Lipinski definition) is 6. The number of aromatic nitrogens is 4. The molecule has 0 amide bonds. The van der Waals surface area contributed by atoms with E-state index >= 15 is 0 Å². The van der Waals surface area contributed by atoms with Gasteiger partial charge in [-0.3, -0.25) is 0 Å². The van der Waals surface area contributed by atoms with Crippen LogP contribution >= 0.6 is 11.6 Å². The third-order valence-corrected chi connectivity index (χ3v) is 3.57. The standard InChI is InChI=1S/C16H18ClN5O2/c1-11(24-14-5-3-12(17)4-6-14)8-18-15-7-13(9-23-2)21-16-19-10-20-22(15)16/h3-7,10-11,18H,8-9H2,1-2H3/t11-/m0/s1. The van der Waals surface area contributed by atoms with Gasteiger partial charge in [-0.2, -0.15) is 14.6 Å². The molecule has 24 heavy (non-hydrogen) atoms. The monoisotopic (exact) mass is 347 g/mol. The van der Waals surface area contributed by atoms with E-state index in [1.165, 1.54) is 6.33 Å². The maximum absolute atomic E-state index is 5.87. The summed E-state index contributed by atoms with van der Waals surface area (Å²) < 4.78 is 12.6. The fraction of sp³-hybridized carbons (Fsp3) is 0.312. The molecule has 0 saturated carbocycles. The predicted molar refractivity (Wildman–Crippen MR) is 91.5 cm³/mol. The van der Waals surface area contributed by atoms with Crippen molar-refractivity contribution in [2.75, 3.05) is 19.0 Å². The number of anilines is 1. The van der Waals surface area contributed by atoms with Crippen molar-refractivity contribution in [1.82, 2.24) is 19.6 Å². The number of ether oxygens (including phenoxy) is 2. The van der Waals surface area contributed by atoms with Gasteiger partial charge >= 0.3 is 0 Å². The van der Waals surface area contributed by atoms with Gasteiger partial charge in [0, 0.05) is 18.2 Å². The van der Waals surface area contributed by atoms with Crippen LogP contribution < -0.4 is 10.1 Å². The van der Waals surface area contributed by atoms with E-state index in [4.69, 9.17) is 21.1 Å². The highest BCUT2D eigenvalue weighted by Gasteiger charge is 2.10. The molecule has 0 aliphatic carbocycles. The Morgan fingerprint density at radius 1 is 1.29 bits per heavy atom. The Kier molecular flexibility index (Phi) is 5.12. The Balaban J connectivity index is 1.68. The Morgan fingerprint density at radius 3 is 2.83 bits per heavy atom. The molecule has 126 valence electrons. The zero-order chi connectivity index (χ0) is 16.9. The number of benzene rings is 1. The molecule has 8 heteroatoms. The van der Waals surface area contributed by atoms with Gasteiger partial charge in [-0.15, -0.1) is 0 Å². The van der Waals surface area contributed by atoms with E-state index in [9.17, 15) is 0 Å². The summed E-state index contributed by atoms with van der Waals surface area (Å²) in [6, 6.07) is 9.18. The normalized spacial score (nSPS) is 12.3. The smallest absolute Gasteiger partial charge is 0.254 e. The third-order valence-electron chi connectivity index (χ3n) is 3.32. The van der Waals surface area contributed by atoms with Crippen molar-refractivity contribution in [3.8, 4) is 5.75 Å². The van der Waals surface area contributed by atoms with E-state index in [1.807, 2.05) is 25.1 Å². The lowest BCUT2D eigenvalue weighted by atomic mass is 10.3. The van der Waals surface area contributed by atoms with Gasteiger partial charge in [0.05, 0.1) is 18.8 Å². The van der Waals surface area contributed by atoms with Crippen LogP contribution in [0.5, 0.6) is 5.75 Å². The Labute approximate surface area is 144 Å². The average Bonchev–Trinajstić information content (AvgIpc) is 3.04. The summed E-state index contributed by atoms with van der Waals surface area (Å²) in [6.07, 6.45) is 1.42. The molecule has 1 aromatic carbocycles. The molecular formula is C16H18ClN5O2. The van der Waals surface area contributed by atoms with Crippen LogP contribution in [0.1, 0.15) is 12.6 Å². The van der Waals surface area contributed by atoms with Gasteiger partial charge in [-0.05, 0) is 31.2 Å². The van der Waals surface area contributed by atoms with Crippen molar-refractivity contribution in [3.63, 3.8) is 0 Å². The molecule has 7 nitrogen and oxygen atoms in total. The molecular weight excluding hydrogens is 330 g/mol. The number of fused-ring (bicyclic) bond motifs is 1. The fourth-order valence-corrected chi connectivity index (χ4v) is 2.37. The second-order valence-electron chi connectivity index (χ2n) is 5.30. The van der Waals surface area contributed by atoms with Crippen LogP contribution in [0.15, 0.2) is 36.7 Å². The SMILES string of the molecule is COCc1cc(NC[C@H](C)Oc2ccc(Cl)cc2)n2ncnc2n1. The summed E-state index contributed by atoms with van der Waals surface area (Å²) in [5.41, 5.74) is 0.784. The minimum atomic E-state index is -0.0520. The molecule has 0 spiro atoms. The van der Waals surface area contributed by atoms with Gasteiger partial charge < -0.3 is 14.8 Å². The molecule has 3 aromatic rings. The first-order valence-corrected chi connectivity index (χ1v) is 7.88. The van der Waals surface area contributed by atoms with Crippen LogP contribution in [0.2, 0.25) is 5.02 Å². The maximum Gasteiger partial charge on any atom is 0.254 e. The van der Waals surface area contributed by atoms with Crippen LogP contribution in [0.3, 0.4) is 0 Å². The van der Waals surface area contributed by atoms with Crippen LogP contribution in [-0.2, 0) is 11.3 Å². The van der Waals surface area contributed by atoms with Crippen LogP contribution in [-0.4, -0.2) is 39.3 Å². The molecule has 0 bridgehead atoms. The topological polar surface area (TPSA) is 73.6 Å². The molecule has 1 N–H and O–H groups in total. The Hall–Kier alpha value is -2.38. The van der Waals surface area contributed by atoms with E-state index in [0.717, 1.165) is 17.3 Å². The van der Waals surface area contributed by atoms with E-state index in [0.29, 0.717) is 24.0 Å². The highest BCUT2D eigenvalue weighted by molar-refractivity contribution is 6.30. The summed E-state index contributed by atoms with van der Waals surface area (Å²) in [7, 11) is 1.63. The molecule has 2 aromatic heterocycles. The van der Waals surface area contributed by atoms with Crippen molar-refractivity contribution in [2.24, 2.45) is 0 Å². The van der Waals surface area contributed by atoms with Crippen molar-refractivity contribution in [2.45, 2.75) is 19.6 Å². The van der Waals surface area contributed by atoms with E-state index < -0.39 is 0 Å². The Morgan fingerprint density at radius 2 is 2.08 bits per heavy atom. The van der Waals surface area contributed by atoms with E-state index in [2.05, 4.69) is 20.4 Å². The lowest BCUT2D eigenvalue weighted by molar-refractivity contribution is 0.181. The summed E-state index contributed by atoms with van der Waals surface area (Å²) in [5, 5.41) is 8.18. The second kappa shape index (κ2) is 7.46. The zero-order valence-corrected chi connectivity index (χ0v) is 14.2. The molecule has 0 unspecified atom stereocenters. The number of hydrogen-bond donors (Lipinski definition) is 1. The second-order valence-corrected chi connectivity index (χ2v) is 5.74. The fourth-order valence-electron chi connectivity index (χ4n) is 2.24. The van der Waals surface area contributed by atoms with Crippen molar-refractivity contribution in [1.29, 1.82) is 0 Å². The zero-order valence-electron chi connectivity index (χ0n) is 13.4. The first-order valence-electron chi connectivity index (χ1n) is 7.50. The minimum absolute atomic E-state index is 0.0520. The minimum Gasteiger partial charge on any atom is -0.489 e. The average molecular weight is 348 g/mol. The van der Waals surface area contributed by atoms with Gasteiger partial charge in [0.25, 0.3) is 5.78 Å². The summed E-state index contributed by atoms with van der Waals surface area (Å²) >= 11 is 5.87. The number of nitrogens with one attached hydrogen (secondary N) is 1.